The van der Waals surface area contributed by atoms with Gasteiger partial charge in [-0.15, -0.1) is 0 Å². The number of benzene rings is 3. The van der Waals surface area contributed by atoms with Crippen molar-refractivity contribution >= 4 is 23.1 Å². The molecule has 1 atom stereocenters. The fourth-order valence-electron chi connectivity index (χ4n) is 3.88. The van der Waals surface area contributed by atoms with Gasteiger partial charge in [0.15, 0.2) is 0 Å². The van der Waals surface area contributed by atoms with Gasteiger partial charge in [-0.1, -0.05) is 18.2 Å². The summed E-state index contributed by atoms with van der Waals surface area (Å²) < 4.78 is 24.7. The Kier molecular flexibility index (Phi) is 5.43. The number of aliphatic hydroxyl groups excluding tert-OH is 1. The van der Waals surface area contributed by atoms with E-state index in [1.54, 1.807) is 36.4 Å². The Morgan fingerprint density at radius 3 is 2.18 bits per heavy atom. The number of rotatable bonds is 5. The standard InChI is InChI=1S/C27H18FNO5/c28-18-10-8-17(9-11-18)25(30)23-24(22-7-4-16-33-22)29(27(32)26(23)31)19-12-14-21(15-13-19)34-20-5-2-1-3-6-20/h1-16,24,30H/b25-23-. The molecule has 1 N–H and O–H groups in total. The molecule has 2 heterocycles. The van der Waals surface area contributed by atoms with Gasteiger partial charge in [0.25, 0.3) is 11.7 Å². The van der Waals surface area contributed by atoms with E-state index in [1.807, 2.05) is 30.3 Å². The highest BCUT2D eigenvalue weighted by Crippen LogP contribution is 2.42. The number of ether oxygens (including phenoxy) is 1. The van der Waals surface area contributed by atoms with Crippen molar-refractivity contribution in [3.63, 3.8) is 0 Å². The summed E-state index contributed by atoms with van der Waals surface area (Å²) >= 11 is 0. The third-order valence-electron chi connectivity index (χ3n) is 5.47. The first-order chi connectivity index (χ1) is 16.5. The Morgan fingerprint density at radius 2 is 1.53 bits per heavy atom. The maximum absolute atomic E-state index is 13.4. The molecule has 0 aliphatic carbocycles. The average Bonchev–Trinajstić information content (AvgIpc) is 3.47. The second-order valence-electron chi connectivity index (χ2n) is 7.60. The zero-order chi connectivity index (χ0) is 23.7. The van der Waals surface area contributed by atoms with E-state index in [9.17, 15) is 19.1 Å². The molecule has 168 valence electrons. The molecule has 1 aliphatic heterocycles. The van der Waals surface area contributed by atoms with E-state index in [2.05, 4.69) is 0 Å². The molecule has 5 rings (SSSR count). The van der Waals surface area contributed by atoms with Gasteiger partial charge in [-0.25, -0.2) is 4.39 Å². The summed E-state index contributed by atoms with van der Waals surface area (Å²) in [5.74, 6) is -1.08. The first kappa shape index (κ1) is 21.2. The maximum atomic E-state index is 13.4. The van der Waals surface area contributed by atoms with Crippen molar-refractivity contribution in [2.45, 2.75) is 6.04 Å². The van der Waals surface area contributed by atoms with Gasteiger partial charge in [-0.3, -0.25) is 14.5 Å². The number of Topliss-reactive ketones (excluding diaryl/α,β-unsaturated/α-hetero) is 1. The predicted molar refractivity (Wildman–Crippen MR) is 123 cm³/mol. The zero-order valence-corrected chi connectivity index (χ0v) is 17.7. The summed E-state index contributed by atoms with van der Waals surface area (Å²) in [4.78, 5) is 27.4. The number of amides is 1. The van der Waals surface area contributed by atoms with E-state index in [4.69, 9.17) is 9.15 Å². The first-order valence-electron chi connectivity index (χ1n) is 10.5. The van der Waals surface area contributed by atoms with Crippen LogP contribution < -0.4 is 9.64 Å². The number of aliphatic hydroxyl groups is 1. The minimum Gasteiger partial charge on any atom is -0.507 e. The molecule has 0 saturated carbocycles. The van der Waals surface area contributed by atoms with Crippen LogP contribution in [-0.4, -0.2) is 16.8 Å². The highest BCUT2D eigenvalue weighted by atomic mass is 19.1. The van der Waals surface area contributed by atoms with E-state index in [-0.39, 0.29) is 11.1 Å². The lowest BCUT2D eigenvalue weighted by atomic mass is 9.99. The molecule has 6 nitrogen and oxygen atoms in total. The Balaban J connectivity index is 1.55. The highest BCUT2D eigenvalue weighted by Gasteiger charge is 2.48. The third-order valence-corrected chi connectivity index (χ3v) is 5.47. The van der Waals surface area contributed by atoms with Crippen LogP contribution in [0.1, 0.15) is 17.4 Å². The van der Waals surface area contributed by atoms with Crippen LogP contribution in [0.3, 0.4) is 0 Å². The molecular formula is C27H18FNO5. The number of ketones is 1. The molecule has 7 heteroatoms. The van der Waals surface area contributed by atoms with E-state index in [0.717, 1.165) is 0 Å². The van der Waals surface area contributed by atoms with Crippen LogP contribution in [0.4, 0.5) is 10.1 Å². The number of furan rings is 1. The average molecular weight is 455 g/mol. The topological polar surface area (TPSA) is 80.0 Å². The number of hydrogen-bond donors (Lipinski definition) is 1. The molecule has 1 fully saturated rings. The lowest BCUT2D eigenvalue weighted by Crippen LogP contribution is -2.29. The lowest BCUT2D eigenvalue weighted by molar-refractivity contribution is -0.132. The zero-order valence-electron chi connectivity index (χ0n) is 17.7. The van der Waals surface area contributed by atoms with Crippen LogP contribution in [0.15, 0.2) is 107 Å². The van der Waals surface area contributed by atoms with Crippen LogP contribution >= 0.6 is 0 Å². The SMILES string of the molecule is O=C1C(=O)N(c2ccc(Oc3ccccc3)cc2)C(c2ccco2)/C1=C(/O)c1ccc(F)cc1. The van der Waals surface area contributed by atoms with Gasteiger partial charge in [0.1, 0.15) is 34.9 Å². The van der Waals surface area contributed by atoms with Gasteiger partial charge < -0.3 is 14.3 Å². The molecule has 0 bridgehead atoms. The lowest BCUT2D eigenvalue weighted by Gasteiger charge is -2.23. The minimum absolute atomic E-state index is 0.142. The summed E-state index contributed by atoms with van der Waals surface area (Å²) in [7, 11) is 0. The molecule has 4 aromatic rings. The molecule has 1 aromatic heterocycles. The summed E-state index contributed by atoms with van der Waals surface area (Å²) in [6, 6.07) is 23.2. The molecule has 0 spiro atoms. The number of anilines is 1. The fraction of sp³-hybridized carbons (Fsp3) is 0.0370. The molecule has 1 saturated heterocycles. The number of carbonyl (C=O) groups excluding carboxylic acids is 2. The van der Waals surface area contributed by atoms with Gasteiger partial charge in [0, 0.05) is 11.3 Å². The molecule has 1 amide bonds. The molecule has 1 unspecified atom stereocenters. The highest BCUT2D eigenvalue weighted by molar-refractivity contribution is 6.51. The summed E-state index contributed by atoms with van der Waals surface area (Å²) in [6.07, 6.45) is 1.42. The van der Waals surface area contributed by atoms with Crippen molar-refractivity contribution in [1.29, 1.82) is 0 Å². The van der Waals surface area contributed by atoms with Crippen LogP contribution in [0.25, 0.3) is 5.76 Å². The van der Waals surface area contributed by atoms with Gasteiger partial charge in [-0.2, -0.15) is 0 Å². The van der Waals surface area contributed by atoms with Crippen LogP contribution in [0.5, 0.6) is 11.5 Å². The summed E-state index contributed by atoms with van der Waals surface area (Å²) in [5, 5.41) is 10.9. The number of nitrogens with zero attached hydrogens (tertiary/aromatic N) is 1. The van der Waals surface area contributed by atoms with Crippen LogP contribution in [0.2, 0.25) is 0 Å². The van der Waals surface area contributed by atoms with E-state index in [0.29, 0.717) is 22.9 Å². The molecule has 1 aliphatic rings. The Morgan fingerprint density at radius 1 is 0.853 bits per heavy atom. The normalized spacial score (nSPS) is 17.2. The van der Waals surface area contributed by atoms with E-state index < -0.39 is 29.3 Å². The second-order valence-corrected chi connectivity index (χ2v) is 7.60. The predicted octanol–water partition coefficient (Wildman–Crippen LogP) is 5.84. The number of para-hydroxylation sites is 1. The Bertz CT molecular complexity index is 1360. The van der Waals surface area contributed by atoms with Crippen molar-refractivity contribution in [3.8, 4) is 11.5 Å². The van der Waals surface area contributed by atoms with Gasteiger partial charge in [-0.05, 0) is 72.8 Å². The van der Waals surface area contributed by atoms with Crippen molar-refractivity contribution in [2.24, 2.45) is 0 Å². The third kappa shape index (κ3) is 3.84. The van der Waals surface area contributed by atoms with Crippen molar-refractivity contribution in [2.75, 3.05) is 4.90 Å². The summed E-state index contributed by atoms with van der Waals surface area (Å²) in [6.45, 7) is 0. The molecule has 0 radical (unpaired) electrons. The second kappa shape index (κ2) is 8.71. The number of halogens is 1. The quantitative estimate of drug-likeness (QED) is 0.232. The molecule has 3 aromatic carbocycles. The molecule has 34 heavy (non-hydrogen) atoms. The number of carbonyl (C=O) groups is 2. The van der Waals surface area contributed by atoms with Crippen molar-refractivity contribution < 1.29 is 28.2 Å². The first-order valence-corrected chi connectivity index (χ1v) is 10.5. The van der Waals surface area contributed by atoms with E-state index in [1.165, 1.54) is 35.4 Å². The smallest absolute Gasteiger partial charge is 0.300 e. The van der Waals surface area contributed by atoms with Crippen LogP contribution in [-0.2, 0) is 9.59 Å². The largest absolute Gasteiger partial charge is 0.507 e. The number of hydrogen-bond acceptors (Lipinski definition) is 5. The Labute approximate surface area is 194 Å². The van der Waals surface area contributed by atoms with Gasteiger partial charge in [0.2, 0.25) is 0 Å². The van der Waals surface area contributed by atoms with Crippen LogP contribution in [0, 0.1) is 5.82 Å². The fourth-order valence-corrected chi connectivity index (χ4v) is 3.88. The van der Waals surface area contributed by atoms with Crippen molar-refractivity contribution in [1.82, 2.24) is 0 Å². The monoisotopic (exact) mass is 455 g/mol. The van der Waals surface area contributed by atoms with Gasteiger partial charge >= 0.3 is 0 Å². The van der Waals surface area contributed by atoms with Crippen molar-refractivity contribution in [3.05, 3.63) is 120 Å². The van der Waals surface area contributed by atoms with E-state index >= 15 is 0 Å². The summed E-state index contributed by atoms with van der Waals surface area (Å²) in [5.41, 5.74) is 0.487. The molecular weight excluding hydrogens is 437 g/mol. The van der Waals surface area contributed by atoms with Gasteiger partial charge in [0.05, 0.1) is 11.8 Å². The maximum Gasteiger partial charge on any atom is 0.300 e. The minimum atomic E-state index is -0.999. The Hall–Kier alpha value is -4.65.